The van der Waals surface area contributed by atoms with Gasteiger partial charge in [-0.2, -0.15) is 0 Å². The maximum absolute atomic E-state index is 10.3. The predicted octanol–water partition coefficient (Wildman–Crippen LogP) is 0.0455. The van der Waals surface area contributed by atoms with E-state index >= 15 is 0 Å². The van der Waals surface area contributed by atoms with Gasteiger partial charge in [0.15, 0.2) is 11.5 Å². The zero-order valence-corrected chi connectivity index (χ0v) is 8.92. The van der Waals surface area contributed by atoms with Crippen molar-refractivity contribution in [3.63, 3.8) is 0 Å². The summed E-state index contributed by atoms with van der Waals surface area (Å²) in [4.78, 5) is 30.6. The highest BCUT2D eigenvalue weighted by Crippen LogP contribution is 2.27. The van der Waals surface area contributed by atoms with Crippen LogP contribution in [0.1, 0.15) is 5.56 Å². The molecule has 1 aromatic carbocycles. The third-order valence-corrected chi connectivity index (χ3v) is 2.00. The zero-order chi connectivity index (χ0) is 12.5. The van der Waals surface area contributed by atoms with Crippen LogP contribution in [0.15, 0.2) is 18.2 Å². The molecule has 1 aromatic rings. The molecule has 0 radical (unpaired) electrons. The molecule has 0 fully saturated rings. The van der Waals surface area contributed by atoms with Crippen molar-refractivity contribution < 1.29 is 23.9 Å². The number of nitrogens with one attached hydrogen (secondary N) is 1. The smallest absolute Gasteiger partial charge is 0.298 e. The van der Waals surface area contributed by atoms with E-state index in [2.05, 4.69) is 14.8 Å². The van der Waals surface area contributed by atoms with Gasteiger partial charge in [0.25, 0.3) is 12.9 Å². The number of carbonyl (C=O) groups excluding carboxylic acids is 3. The Balaban J connectivity index is 2.80. The van der Waals surface area contributed by atoms with Crippen LogP contribution in [0.25, 0.3) is 0 Å². The molecule has 90 valence electrons. The fourth-order valence-corrected chi connectivity index (χ4v) is 1.28. The van der Waals surface area contributed by atoms with Crippen molar-refractivity contribution in [2.24, 2.45) is 0 Å². The number of hydrogen-bond acceptors (Lipinski definition) is 5. The maximum atomic E-state index is 10.3. The Morgan fingerprint density at radius 1 is 1.06 bits per heavy atom. The molecular weight excluding hydrogens is 226 g/mol. The first kappa shape index (κ1) is 12.7. The Hall–Kier alpha value is -2.37. The third-order valence-electron chi connectivity index (χ3n) is 2.00. The van der Waals surface area contributed by atoms with E-state index in [0.717, 1.165) is 5.56 Å². The Kier molecular flexibility index (Phi) is 5.23. The summed E-state index contributed by atoms with van der Waals surface area (Å²) in [5.41, 5.74) is 0.842. The van der Waals surface area contributed by atoms with Crippen LogP contribution in [-0.4, -0.2) is 25.9 Å². The van der Waals surface area contributed by atoms with Crippen molar-refractivity contribution in [1.29, 1.82) is 0 Å². The van der Waals surface area contributed by atoms with E-state index in [0.29, 0.717) is 19.4 Å². The molecular formula is C11H11NO5. The molecule has 1 N–H and O–H groups in total. The Labute approximate surface area is 97.5 Å². The molecule has 1 amide bonds. The van der Waals surface area contributed by atoms with Gasteiger partial charge >= 0.3 is 0 Å². The average Bonchev–Trinajstić information content (AvgIpc) is 2.33. The van der Waals surface area contributed by atoms with Crippen LogP contribution in [0, 0.1) is 0 Å². The molecule has 0 aliphatic carbocycles. The molecule has 17 heavy (non-hydrogen) atoms. The molecule has 0 aliphatic heterocycles. The van der Waals surface area contributed by atoms with Crippen LogP contribution in [0.5, 0.6) is 11.5 Å². The van der Waals surface area contributed by atoms with E-state index in [1.54, 1.807) is 12.1 Å². The standard InChI is InChI=1S/C11H11NO5/c13-6-12-4-3-9-1-2-10(16-7-14)11(5-9)17-8-15/h1-2,5-8H,3-4H2,(H,12,13). The Morgan fingerprint density at radius 2 is 1.76 bits per heavy atom. The number of amides is 1. The topological polar surface area (TPSA) is 81.7 Å². The van der Waals surface area contributed by atoms with E-state index in [1.807, 2.05) is 0 Å². The van der Waals surface area contributed by atoms with Gasteiger partial charge in [0.2, 0.25) is 6.41 Å². The number of hydrogen-bond donors (Lipinski definition) is 1. The summed E-state index contributed by atoms with van der Waals surface area (Å²) < 4.78 is 9.32. The number of ether oxygens (including phenoxy) is 2. The first-order chi connectivity index (χ1) is 8.31. The normalized spacial score (nSPS) is 9.18. The van der Waals surface area contributed by atoms with Crippen molar-refractivity contribution in [3.8, 4) is 11.5 Å². The van der Waals surface area contributed by atoms with E-state index < -0.39 is 0 Å². The molecule has 0 unspecified atom stereocenters. The number of rotatable bonds is 8. The molecule has 0 aliphatic rings. The van der Waals surface area contributed by atoms with Gasteiger partial charge in [-0.25, -0.2) is 0 Å². The summed E-state index contributed by atoms with van der Waals surface area (Å²) in [7, 11) is 0. The zero-order valence-electron chi connectivity index (χ0n) is 8.92. The largest absolute Gasteiger partial charge is 0.425 e. The summed E-state index contributed by atoms with van der Waals surface area (Å²) in [6.07, 6.45) is 1.18. The van der Waals surface area contributed by atoms with Gasteiger partial charge in [0.1, 0.15) is 0 Å². The summed E-state index contributed by atoms with van der Waals surface area (Å²) in [5.74, 6) is 0.329. The van der Waals surface area contributed by atoms with Gasteiger partial charge < -0.3 is 14.8 Å². The second-order valence-corrected chi connectivity index (χ2v) is 3.03. The van der Waals surface area contributed by atoms with E-state index in [-0.39, 0.29) is 24.4 Å². The molecule has 0 saturated carbocycles. The fraction of sp³-hybridized carbons (Fsp3) is 0.182. The lowest BCUT2D eigenvalue weighted by Gasteiger charge is -2.07. The lowest BCUT2D eigenvalue weighted by molar-refractivity contribution is -0.123. The van der Waals surface area contributed by atoms with Crippen LogP contribution < -0.4 is 14.8 Å². The quantitative estimate of drug-likeness (QED) is 0.510. The third kappa shape index (κ3) is 3.94. The maximum Gasteiger partial charge on any atom is 0.298 e. The van der Waals surface area contributed by atoms with Gasteiger partial charge in [0, 0.05) is 6.54 Å². The molecule has 6 nitrogen and oxygen atoms in total. The van der Waals surface area contributed by atoms with E-state index in [4.69, 9.17) is 0 Å². The number of benzene rings is 1. The minimum absolute atomic E-state index is 0.163. The van der Waals surface area contributed by atoms with Crippen molar-refractivity contribution in [2.75, 3.05) is 6.54 Å². The van der Waals surface area contributed by atoms with Gasteiger partial charge in [0.05, 0.1) is 0 Å². The van der Waals surface area contributed by atoms with Crippen molar-refractivity contribution in [3.05, 3.63) is 23.8 Å². The van der Waals surface area contributed by atoms with Gasteiger partial charge in [-0.05, 0) is 24.1 Å². The lowest BCUT2D eigenvalue weighted by atomic mass is 10.1. The molecule has 0 heterocycles. The molecule has 6 heteroatoms. The number of carbonyl (C=O) groups is 3. The molecule has 0 bridgehead atoms. The minimum atomic E-state index is 0.163. The summed E-state index contributed by atoms with van der Waals surface area (Å²) in [6.45, 7) is 0.971. The molecule has 0 aromatic heterocycles. The monoisotopic (exact) mass is 237 g/mol. The summed E-state index contributed by atoms with van der Waals surface area (Å²) >= 11 is 0. The molecule has 0 spiro atoms. The highest BCUT2D eigenvalue weighted by molar-refractivity contribution is 5.56. The molecule has 1 rings (SSSR count). The first-order valence-corrected chi connectivity index (χ1v) is 4.82. The van der Waals surface area contributed by atoms with Crippen LogP contribution in [0.3, 0.4) is 0 Å². The van der Waals surface area contributed by atoms with E-state index in [1.165, 1.54) is 6.07 Å². The van der Waals surface area contributed by atoms with Gasteiger partial charge in [-0.15, -0.1) is 0 Å². The summed E-state index contributed by atoms with van der Waals surface area (Å²) in [5, 5.41) is 2.51. The fourth-order valence-electron chi connectivity index (χ4n) is 1.28. The second kappa shape index (κ2) is 7.00. The highest BCUT2D eigenvalue weighted by atomic mass is 16.6. The van der Waals surface area contributed by atoms with Crippen molar-refractivity contribution in [2.45, 2.75) is 6.42 Å². The minimum Gasteiger partial charge on any atom is -0.425 e. The van der Waals surface area contributed by atoms with Gasteiger partial charge in [-0.3, -0.25) is 14.4 Å². The second-order valence-electron chi connectivity index (χ2n) is 3.03. The van der Waals surface area contributed by atoms with E-state index in [9.17, 15) is 14.4 Å². The van der Waals surface area contributed by atoms with Crippen molar-refractivity contribution >= 4 is 19.4 Å². The van der Waals surface area contributed by atoms with Crippen LogP contribution in [-0.2, 0) is 20.8 Å². The SMILES string of the molecule is O=CNCCc1ccc(OC=O)c(OC=O)c1. The van der Waals surface area contributed by atoms with Crippen LogP contribution >= 0.6 is 0 Å². The Bertz CT molecular complexity index is 405. The van der Waals surface area contributed by atoms with Gasteiger partial charge in [-0.1, -0.05) is 6.07 Å². The van der Waals surface area contributed by atoms with Crippen LogP contribution in [0.2, 0.25) is 0 Å². The molecule has 0 atom stereocenters. The predicted molar refractivity (Wildman–Crippen MR) is 57.6 cm³/mol. The molecule has 0 saturated heterocycles. The summed E-state index contributed by atoms with van der Waals surface area (Å²) in [6, 6.07) is 4.80. The van der Waals surface area contributed by atoms with Crippen LogP contribution in [0.4, 0.5) is 0 Å². The van der Waals surface area contributed by atoms with Crippen molar-refractivity contribution in [1.82, 2.24) is 5.32 Å². The lowest BCUT2D eigenvalue weighted by Crippen LogP contribution is -2.14. The Morgan fingerprint density at radius 3 is 2.41 bits per heavy atom. The highest BCUT2D eigenvalue weighted by Gasteiger charge is 2.06. The average molecular weight is 237 g/mol. The first-order valence-electron chi connectivity index (χ1n) is 4.82.